The van der Waals surface area contributed by atoms with Gasteiger partial charge in [-0.3, -0.25) is 4.79 Å². The van der Waals surface area contributed by atoms with E-state index in [0.717, 1.165) is 16.6 Å². The normalized spacial score (nSPS) is 12.4. The van der Waals surface area contributed by atoms with E-state index in [9.17, 15) is 4.79 Å². The van der Waals surface area contributed by atoms with Crippen LogP contribution in [0.1, 0.15) is 51.9 Å². The van der Waals surface area contributed by atoms with Gasteiger partial charge in [-0.2, -0.15) is 0 Å². The number of carbonyl (C=O) groups is 1. The summed E-state index contributed by atoms with van der Waals surface area (Å²) in [6.07, 6.45) is 0. The molecule has 0 fully saturated rings. The predicted octanol–water partition coefficient (Wildman–Crippen LogP) is 4.74. The van der Waals surface area contributed by atoms with Crippen LogP contribution in [0.2, 0.25) is 0 Å². The van der Waals surface area contributed by atoms with E-state index >= 15 is 0 Å². The van der Waals surface area contributed by atoms with Crippen molar-refractivity contribution in [2.75, 3.05) is 6.54 Å². The van der Waals surface area contributed by atoms with Crippen molar-refractivity contribution in [3.05, 3.63) is 34.3 Å². The smallest absolute Gasteiger partial charge is 0.254 e. The minimum Gasteiger partial charge on any atom is -0.333 e. The molecule has 1 aromatic rings. The Labute approximate surface area is 125 Å². The van der Waals surface area contributed by atoms with Crippen LogP contribution in [0.25, 0.3) is 0 Å². The van der Waals surface area contributed by atoms with Crippen molar-refractivity contribution in [2.45, 2.75) is 47.1 Å². The van der Waals surface area contributed by atoms with Gasteiger partial charge in [-0.25, -0.2) is 0 Å². The number of hydrogen-bond acceptors (Lipinski definition) is 1. The third-order valence-electron chi connectivity index (χ3n) is 2.78. The molecule has 1 aromatic carbocycles. The second-order valence-corrected chi connectivity index (χ2v) is 8.05. The van der Waals surface area contributed by atoms with E-state index in [4.69, 9.17) is 0 Å². The van der Waals surface area contributed by atoms with Crippen LogP contribution >= 0.6 is 15.9 Å². The summed E-state index contributed by atoms with van der Waals surface area (Å²) in [5, 5.41) is 0. The summed E-state index contributed by atoms with van der Waals surface area (Å²) in [4.78, 5) is 14.6. The Morgan fingerprint density at radius 3 is 1.89 bits per heavy atom. The third-order valence-corrected chi connectivity index (χ3v) is 3.31. The number of carbonyl (C=O) groups excluding carboxylic acids is 1. The highest BCUT2D eigenvalue weighted by Crippen LogP contribution is 2.24. The summed E-state index contributed by atoms with van der Waals surface area (Å²) in [6.45, 7) is 13.4. The van der Waals surface area contributed by atoms with E-state index in [1.807, 2.05) is 29.2 Å². The van der Waals surface area contributed by atoms with Gasteiger partial charge in [-0.15, -0.1) is 0 Å². The summed E-state index contributed by atoms with van der Waals surface area (Å²) < 4.78 is 0.988. The van der Waals surface area contributed by atoms with E-state index in [0.29, 0.717) is 0 Å². The van der Waals surface area contributed by atoms with Crippen molar-refractivity contribution in [2.24, 2.45) is 5.41 Å². The van der Waals surface area contributed by atoms with Gasteiger partial charge in [0, 0.05) is 22.1 Å². The maximum atomic E-state index is 12.7. The first kappa shape index (κ1) is 16.2. The molecular formula is C16H24BrNO. The molecule has 1 amide bonds. The average molecular weight is 326 g/mol. The zero-order chi connectivity index (χ0) is 14.8. The van der Waals surface area contributed by atoms with Crippen molar-refractivity contribution >= 4 is 21.8 Å². The van der Waals surface area contributed by atoms with Crippen LogP contribution in [-0.4, -0.2) is 22.9 Å². The zero-order valence-electron chi connectivity index (χ0n) is 12.7. The summed E-state index contributed by atoms with van der Waals surface area (Å²) in [6, 6.07) is 7.55. The van der Waals surface area contributed by atoms with Gasteiger partial charge in [-0.1, -0.05) is 36.7 Å². The van der Waals surface area contributed by atoms with Gasteiger partial charge < -0.3 is 4.90 Å². The van der Waals surface area contributed by atoms with Gasteiger partial charge >= 0.3 is 0 Å². The molecule has 19 heavy (non-hydrogen) atoms. The fraction of sp³-hybridized carbons (Fsp3) is 0.562. The second kappa shape index (κ2) is 5.66. The van der Waals surface area contributed by atoms with Crippen LogP contribution in [0, 0.1) is 5.41 Å². The van der Waals surface area contributed by atoms with Crippen LogP contribution < -0.4 is 0 Å². The molecule has 0 saturated carbocycles. The first-order valence-corrected chi connectivity index (χ1v) is 7.37. The summed E-state index contributed by atoms with van der Waals surface area (Å²) in [5.41, 5.74) is 0.637. The largest absolute Gasteiger partial charge is 0.333 e. The fourth-order valence-corrected chi connectivity index (χ4v) is 2.10. The average Bonchev–Trinajstić information content (AvgIpc) is 2.23. The Hall–Kier alpha value is -0.830. The molecule has 0 radical (unpaired) electrons. The predicted molar refractivity (Wildman–Crippen MR) is 84.4 cm³/mol. The molecule has 0 aromatic heterocycles. The Morgan fingerprint density at radius 2 is 1.53 bits per heavy atom. The highest BCUT2D eigenvalue weighted by molar-refractivity contribution is 9.10. The van der Waals surface area contributed by atoms with Crippen molar-refractivity contribution in [1.82, 2.24) is 4.90 Å². The zero-order valence-corrected chi connectivity index (χ0v) is 14.3. The molecule has 0 unspecified atom stereocenters. The SMILES string of the molecule is CC(C)(C)CN(C(=O)c1ccc(Br)cc1)C(C)(C)C. The number of amides is 1. The van der Waals surface area contributed by atoms with Gasteiger partial charge in [-0.05, 0) is 50.5 Å². The van der Waals surface area contributed by atoms with Gasteiger partial charge in [0.2, 0.25) is 0 Å². The Balaban J connectivity index is 3.05. The first-order chi connectivity index (χ1) is 8.50. The number of rotatable bonds is 2. The molecule has 0 heterocycles. The van der Waals surface area contributed by atoms with Crippen LogP contribution in [0.5, 0.6) is 0 Å². The number of halogens is 1. The molecule has 106 valence electrons. The van der Waals surface area contributed by atoms with Crippen LogP contribution in [0.15, 0.2) is 28.7 Å². The molecule has 0 saturated heterocycles. The molecule has 0 aliphatic carbocycles. The quantitative estimate of drug-likeness (QED) is 0.769. The van der Waals surface area contributed by atoms with Gasteiger partial charge in [0.15, 0.2) is 0 Å². The van der Waals surface area contributed by atoms with Crippen molar-refractivity contribution in [3.63, 3.8) is 0 Å². The number of nitrogens with zero attached hydrogens (tertiary/aromatic N) is 1. The maximum Gasteiger partial charge on any atom is 0.254 e. The Morgan fingerprint density at radius 1 is 1.05 bits per heavy atom. The van der Waals surface area contributed by atoms with E-state index in [2.05, 4.69) is 57.5 Å². The fourth-order valence-electron chi connectivity index (χ4n) is 1.84. The van der Waals surface area contributed by atoms with Gasteiger partial charge in [0.1, 0.15) is 0 Å². The topological polar surface area (TPSA) is 20.3 Å². The molecule has 0 atom stereocenters. The number of benzene rings is 1. The highest BCUT2D eigenvalue weighted by atomic mass is 79.9. The minimum absolute atomic E-state index is 0.0817. The highest BCUT2D eigenvalue weighted by Gasteiger charge is 2.30. The lowest BCUT2D eigenvalue weighted by Gasteiger charge is -2.40. The third kappa shape index (κ3) is 4.98. The molecule has 0 spiro atoms. The van der Waals surface area contributed by atoms with Crippen LogP contribution in [-0.2, 0) is 0 Å². The molecule has 1 rings (SSSR count). The van der Waals surface area contributed by atoms with E-state index < -0.39 is 0 Å². The van der Waals surface area contributed by atoms with Crippen LogP contribution in [0.3, 0.4) is 0 Å². The molecule has 0 aliphatic heterocycles. The van der Waals surface area contributed by atoms with Gasteiger partial charge in [0.25, 0.3) is 5.91 Å². The standard InChI is InChI=1S/C16H24BrNO/c1-15(2,3)11-18(16(4,5)6)14(19)12-7-9-13(17)10-8-12/h7-10H,11H2,1-6H3. The lowest BCUT2D eigenvalue weighted by molar-refractivity contribution is 0.0478. The summed E-state index contributed by atoms with van der Waals surface area (Å²) in [5.74, 6) is 0.0925. The Kier molecular flexibility index (Phi) is 4.83. The maximum absolute atomic E-state index is 12.7. The molecular weight excluding hydrogens is 302 g/mol. The van der Waals surface area contributed by atoms with Gasteiger partial charge in [0.05, 0.1) is 0 Å². The molecule has 0 bridgehead atoms. The summed E-state index contributed by atoms with van der Waals surface area (Å²) >= 11 is 3.40. The molecule has 0 N–H and O–H groups in total. The molecule has 0 aliphatic rings. The monoisotopic (exact) mass is 325 g/mol. The Bertz CT molecular complexity index is 437. The van der Waals surface area contributed by atoms with Crippen molar-refractivity contribution in [3.8, 4) is 0 Å². The lowest BCUT2D eigenvalue weighted by Crippen LogP contribution is -2.49. The number of hydrogen-bond donors (Lipinski definition) is 0. The second-order valence-electron chi connectivity index (χ2n) is 7.13. The van der Waals surface area contributed by atoms with Crippen molar-refractivity contribution < 1.29 is 4.79 Å². The lowest BCUT2D eigenvalue weighted by atomic mass is 9.92. The first-order valence-electron chi connectivity index (χ1n) is 6.58. The van der Waals surface area contributed by atoms with E-state index in [1.54, 1.807) is 0 Å². The summed E-state index contributed by atoms with van der Waals surface area (Å²) in [7, 11) is 0. The van der Waals surface area contributed by atoms with Crippen molar-refractivity contribution in [1.29, 1.82) is 0 Å². The minimum atomic E-state index is -0.183. The van der Waals surface area contributed by atoms with E-state index in [1.165, 1.54) is 0 Å². The van der Waals surface area contributed by atoms with Crippen LogP contribution in [0.4, 0.5) is 0 Å². The molecule has 3 heteroatoms. The van der Waals surface area contributed by atoms with E-state index in [-0.39, 0.29) is 16.9 Å². The molecule has 2 nitrogen and oxygen atoms in total.